The summed E-state index contributed by atoms with van der Waals surface area (Å²) >= 11 is 0. The number of fused-ring (bicyclic) bond motifs is 1. The molecule has 2 aromatic rings. The van der Waals surface area contributed by atoms with E-state index in [9.17, 15) is 14.7 Å². The fourth-order valence-corrected chi connectivity index (χ4v) is 2.54. The largest absolute Gasteiger partial charge is 0.463 e. The minimum absolute atomic E-state index is 0.135. The molecule has 0 radical (unpaired) electrons. The molecule has 6 heteroatoms. The molecule has 3 heterocycles. The number of aromatic nitrogens is 1. The van der Waals surface area contributed by atoms with Gasteiger partial charge in [0.2, 0.25) is 0 Å². The number of rotatable bonds is 2. The average molecular weight is 298 g/mol. The molecular formula is C16H14N2O4. The van der Waals surface area contributed by atoms with Gasteiger partial charge < -0.3 is 14.8 Å². The van der Waals surface area contributed by atoms with Crippen LogP contribution in [0.5, 0.6) is 0 Å². The summed E-state index contributed by atoms with van der Waals surface area (Å²) in [5.74, 6) is -0.200. The molecule has 0 aromatic carbocycles. The quantitative estimate of drug-likeness (QED) is 0.884. The number of Topliss-reactive ketones (excluding diaryl/α,β-unsaturated/α-hetero) is 1. The van der Waals surface area contributed by atoms with Crippen molar-refractivity contribution < 1.29 is 19.1 Å². The van der Waals surface area contributed by atoms with Gasteiger partial charge in [0.25, 0.3) is 5.91 Å². The highest BCUT2D eigenvalue weighted by atomic mass is 16.3. The normalized spacial score (nSPS) is 17.8. The Labute approximate surface area is 126 Å². The number of allylic oxidation sites excluding steroid dienone is 1. The van der Waals surface area contributed by atoms with Crippen molar-refractivity contribution in [3.8, 4) is 11.5 Å². The highest BCUT2D eigenvalue weighted by Crippen LogP contribution is 2.30. The van der Waals surface area contributed by atoms with E-state index < -0.39 is 12.0 Å². The topological polar surface area (TPSA) is 92.4 Å². The van der Waals surface area contributed by atoms with Gasteiger partial charge in [-0.1, -0.05) is 0 Å². The summed E-state index contributed by atoms with van der Waals surface area (Å²) in [5, 5.41) is 13.1. The monoisotopic (exact) mass is 298 g/mol. The van der Waals surface area contributed by atoms with Crippen LogP contribution in [0.1, 0.15) is 36.0 Å². The zero-order chi connectivity index (χ0) is 15.9. The van der Waals surface area contributed by atoms with Crippen LogP contribution in [0.2, 0.25) is 0 Å². The molecule has 1 aliphatic heterocycles. The predicted octanol–water partition coefficient (Wildman–Crippen LogP) is 1.98. The lowest BCUT2D eigenvalue weighted by molar-refractivity contribution is -0.114. The van der Waals surface area contributed by atoms with Gasteiger partial charge in [-0.15, -0.1) is 0 Å². The number of amides is 1. The smallest absolute Gasteiger partial charge is 0.257 e. The minimum Gasteiger partial charge on any atom is -0.463 e. The number of pyridine rings is 1. The van der Waals surface area contributed by atoms with Crippen molar-refractivity contribution >= 4 is 11.7 Å². The molecule has 1 atom stereocenters. The molecule has 0 saturated carbocycles. The van der Waals surface area contributed by atoms with Crippen LogP contribution in [0.3, 0.4) is 0 Å². The molecule has 1 amide bonds. The van der Waals surface area contributed by atoms with Crippen molar-refractivity contribution in [1.82, 2.24) is 10.3 Å². The standard InChI is InChI=1S/C16H14N2O4/c1-8-13(9(2)19)15(20)14-10(16(21)17-8)5-6-11(18-14)12-4-3-7-22-12/h3-7,15,20H,1-2H3,(H,17,21). The zero-order valence-electron chi connectivity index (χ0n) is 12.1. The van der Waals surface area contributed by atoms with E-state index in [1.165, 1.54) is 13.2 Å². The van der Waals surface area contributed by atoms with Crippen molar-refractivity contribution in [3.63, 3.8) is 0 Å². The Morgan fingerprint density at radius 3 is 2.77 bits per heavy atom. The molecule has 1 aliphatic rings. The lowest BCUT2D eigenvalue weighted by Crippen LogP contribution is -2.22. The molecule has 0 aliphatic carbocycles. The highest BCUT2D eigenvalue weighted by Gasteiger charge is 2.30. The van der Waals surface area contributed by atoms with Crippen LogP contribution in [0.4, 0.5) is 0 Å². The van der Waals surface area contributed by atoms with E-state index in [1.54, 1.807) is 31.2 Å². The lowest BCUT2D eigenvalue weighted by atomic mass is 9.99. The first kappa shape index (κ1) is 14.2. The summed E-state index contributed by atoms with van der Waals surface area (Å²) in [5.41, 5.74) is 1.34. The van der Waals surface area contributed by atoms with Crippen LogP contribution < -0.4 is 5.32 Å². The highest BCUT2D eigenvalue weighted by molar-refractivity contribution is 6.02. The van der Waals surface area contributed by atoms with Crippen LogP contribution in [0.25, 0.3) is 11.5 Å². The fraction of sp³-hybridized carbons (Fsp3) is 0.188. The Morgan fingerprint density at radius 2 is 2.14 bits per heavy atom. The van der Waals surface area contributed by atoms with E-state index in [0.29, 0.717) is 17.2 Å². The minimum atomic E-state index is -1.26. The third kappa shape index (κ3) is 2.23. The van der Waals surface area contributed by atoms with E-state index in [4.69, 9.17) is 4.42 Å². The number of aliphatic hydroxyl groups excluding tert-OH is 1. The summed E-state index contributed by atoms with van der Waals surface area (Å²) in [6.45, 7) is 2.92. The number of nitrogens with zero attached hydrogens (tertiary/aromatic N) is 1. The number of furan rings is 1. The van der Waals surface area contributed by atoms with Gasteiger partial charge in [0, 0.05) is 11.3 Å². The molecule has 0 spiro atoms. The summed E-state index contributed by atoms with van der Waals surface area (Å²) in [6, 6.07) is 6.65. The van der Waals surface area contributed by atoms with Crippen LogP contribution in [0, 0.1) is 0 Å². The first-order valence-corrected chi connectivity index (χ1v) is 6.75. The maximum absolute atomic E-state index is 12.2. The first-order valence-electron chi connectivity index (χ1n) is 6.75. The van der Waals surface area contributed by atoms with Gasteiger partial charge in [0.15, 0.2) is 11.5 Å². The summed E-state index contributed by atoms with van der Waals surface area (Å²) in [7, 11) is 0. The van der Waals surface area contributed by atoms with Crippen molar-refractivity contribution in [2.45, 2.75) is 20.0 Å². The lowest BCUT2D eigenvalue weighted by Gasteiger charge is -2.13. The van der Waals surface area contributed by atoms with Crippen LogP contribution in [-0.4, -0.2) is 21.8 Å². The number of hydrogen-bond donors (Lipinski definition) is 2. The van der Waals surface area contributed by atoms with Crippen molar-refractivity contribution in [2.75, 3.05) is 0 Å². The van der Waals surface area contributed by atoms with E-state index in [1.807, 2.05) is 0 Å². The second kappa shape index (κ2) is 5.23. The summed E-state index contributed by atoms with van der Waals surface area (Å²) in [4.78, 5) is 28.3. The summed E-state index contributed by atoms with van der Waals surface area (Å²) in [6.07, 6.45) is 0.248. The maximum Gasteiger partial charge on any atom is 0.257 e. The van der Waals surface area contributed by atoms with Crippen LogP contribution in [-0.2, 0) is 4.79 Å². The van der Waals surface area contributed by atoms with Gasteiger partial charge in [-0.05, 0) is 38.1 Å². The SMILES string of the molecule is CC(=O)C1=C(C)NC(=O)c2ccc(-c3ccco3)nc2C1O. The molecule has 0 fully saturated rings. The first-order chi connectivity index (χ1) is 10.5. The molecule has 6 nitrogen and oxygen atoms in total. The molecule has 22 heavy (non-hydrogen) atoms. The molecule has 2 N–H and O–H groups in total. The van der Waals surface area contributed by atoms with Gasteiger partial charge in [-0.2, -0.15) is 0 Å². The van der Waals surface area contributed by atoms with Crippen molar-refractivity contribution in [2.24, 2.45) is 0 Å². The average Bonchev–Trinajstić information content (AvgIpc) is 2.97. The van der Waals surface area contributed by atoms with E-state index in [2.05, 4.69) is 10.3 Å². The molecule has 112 valence electrons. The van der Waals surface area contributed by atoms with Gasteiger partial charge in [0.1, 0.15) is 11.8 Å². The third-order valence-corrected chi connectivity index (χ3v) is 3.56. The fourth-order valence-electron chi connectivity index (χ4n) is 2.54. The molecule has 0 saturated heterocycles. The van der Waals surface area contributed by atoms with Gasteiger partial charge in [-0.3, -0.25) is 9.59 Å². The Morgan fingerprint density at radius 1 is 1.36 bits per heavy atom. The Balaban J connectivity index is 2.19. The van der Waals surface area contributed by atoms with Crippen LogP contribution >= 0.6 is 0 Å². The third-order valence-electron chi connectivity index (χ3n) is 3.56. The molecule has 3 rings (SSSR count). The number of carbonyl (C=O) groups is 2. The zero-order valence-corrected chi connectivity index (χ0v) is 12.1. The molecular weight excluding hydrogens is 284 g/mol. The number of carbonyl (C=O) groups excluding carboxylic acids is 2. The van der Waals surface area contributed by atoms with Gasteiger partial charge in [0.05, 0.1) is 17.5 Å². The Bertz CT molecular complexity index is 790. The van der Waals surface area contributed by atoms with Crippen molar-refractivity contribution in [1.29, 1.82) is 0 Å². The second-order valence-corrected chi connectivity index (χ2v) is 5.06. The number of ketones is 1. The second-order valence-electron chi connectivity index (χ2n) is 5.06. The number of nitrogens with one attached hydrogen (secondary N) is 1. The maximum atomic E-state index is 12.2. The van der Waals surface area contributed by atoms with E-state index >= 15 is 0 Å². The van der Waals surface area contributed by atoms with Crippen LogP contribution in [0.15, 0.2) is 46.2 Å². The number of hydrogen-bond acceptors (Lipinski definition) is 5. The molecule has 1 unspecified atom stereocenters. The summed E-state index contributed by atoms with van der Waals surface area (Å²) < 4.78 is 5.28. The van der Waals surface area contributed by atoms with E-state index in [0.717, 1.165) is 0 Å². The Hall–Kier alpha value is -2.73. The Kier molecular flexibility index (Phi) is 3.38. The van der Waals surface area contributed by atoms with Crippen molar-refractivity contribution in [3.05, 3.63) is 53.1 Å². The van der Waals surface area contributed by atoms with E-state index in [-0.39, 0.29) is 22.6 Å². The number of aliphatic hydroxyl groups is 1. The van der Waals surface area contributed by atoms with Gasteiger partial charge >= 0.3 is 0 Å². The van der Waals surface area contributed by atoms with Gasteiger partial charge in [-0.25, -0.2) is 4.98 Å². The molecule has 0 bridgehead atoms. The molecule has 2 aromatic heterocycles. The predicted molar refractivity (Wildman–Crippen MR) is 77.7 cm³/mol.